The zero-order chi connectivity index (χ0) is 15.2. The zero-order valence-corrected chi connectivity index (χ0v) is 13.3. The molecule has 0 aliphatic heterocycles. The first-order chi connectivity index (χ1) is 9.56. The van der Waals surface area contributed by atoms with E-state index < -0.39 is 0 Å². The first-order valence-electron chi connectivity index (χ1n) is 7.87. The minimum absolute atomic E-state index is 0.113. The maximum Gasteiger partial charge on any atom is 0.306 e. The Labute approximate surface area is 123 Å². The van der Waals surface area contributed by atoms with Gasteiger partial charge in [0.25, 0.3) is 0 Å². The summed E-state index contributed by atoms with van der Waals surface area (Å²) in [4.78, 5) is 22.7. The van der Waals surface area contributed by atoms with Crippen LogP contribution in [0.2, 0.25) is 0 Å². The van der Waals surface area contributed by atoms with Crippen LogP contribution in [0, 0.1) is 5.92 Å². The van der Waals surface area contributed by atoms with Gasteiger partial charge in [-0.3, -0.25) is 9.59 Å². The Morgan fingerprint density at radius 2 is 1.40 bits per heavy atom. The monoisotopic (exact) mass is 286 g/mol. The average molecular weight is 286 g/mol. The fourth-order valence-electron chi connectivity index (χ4n) is 1.68. The molecule has 4 heteroatoms. The summed E-state index contributed by atoms with van der Waals surface area (Å²) in [7, 11) is 0. The van der Waals surface area contributed by atoms with Crippen molar-refractivity contribution < 1.29 is 19.1 Å². The molecule has 0 aliphatic rings. The van der Waals surface area contributed by atoms with Crippen LogP contribution in [0.5, 0.6) is 0 Å². The lowest BCUT2D eigenvalue weighted by Crippen LogP contribution is -2.13. The third-order valence-electron chi connectivity index (χ3n) is 2.87. The fraction of sp³-hybridized carbons (Fsp3) is 0.875. The highest BCUT2D eigenvalue weighted by atomic mass is 16.5. The van der Waals surface area contributed by atoms with Crippen molar-refractivity contribution >= 4 is 11.9 Å². The molecule has 0 aromatic heterocycles. The van der Waals surface area contributed by atoms with Crippen LogP contribution in [-0.2, 0) is 19.1 Å². The van der Waals surface area contributed by atoms with Gasteiger partial charge in [0.1, 0.15) is 0 Å². The lowest BCUT2D eigenvalue weighted by molar-refractivity contribution is -0.151. The van der Waals surface area contributed by atoms with Gasteiger partial charge in [-0.2, -0.15) is 0 Å². The predicted molar refractivity (Wildman–Crippen MR) is 79.4 cm³/mol. The molecule has 0 heterocycles. The predicted octanol–water partition coefficient (Wildman–Crippen LogP) is 3.87. The molecule has 0 radical (unpaired) electrons. The quantitative estimate of drug-likeness (QED) is 0.404. The van der Waals surface area contributed by atoms with Gasteiger partial charge in [-0.25, -0.2) is 0 Å². The number of ether oxygens (including phenoxy) is 2. The second-order valence-corrected chi connectivity index (χ2v) is 5.57. The highest BCUT2D eigenvalue weighted by Crippen LogP contribution is 2.05. The molecule has 0 unspecified atom stereocenters. The Morgan fingerprint density at radius 1 is 0.850 bits per heavy atom. The fourth-order valence-corrected chi connectivity index (χ4v) is 1.68. The van der Waals surface area contributed by atoms with Gasteiger partial charge in [0, 0.05) is 0 Å². The second-order valence-electron chi connectivity index (χ2n) is 5.57. The molecule has 0 aliphatic carbocycles. The summed E-state index contributed by atoms with van der Waals surface area (Å²) < 4.78 is 10.1. The second kappa shape index (κ2) is 12.9. The van der Waals surface area contributed by atoms with Crippen molar-refractivity contribution in [3.63, 3.8) is 0 Å². The number of carbonyl (C=O) groups is 2. The number of rotatable bonds is 12. The topological polar surface area (TPSA) is 52.6 Å². The molecule has 0 saturated carbocycles. The van der Waals surface area contributed by atoms with E-state index in [1.165, 1.54) is 25.7 Å². The lowest BCUT2D eigenvalue weighted by Gasteiger charge is -2.07. The first kappa shape index (κ1) is 18.9. The summed E-state index contributed by atoms with van der Waals surface area (Å²) >= 11 is 0. The number of hydrogen-bond acceptors (Lipinski definition) is 4. The van der Waals surface area contributed by atoms with Gasteiger partial charge in [0.2, 0.25) is 0 Å². The highest BCUT2D eigenvalue weighted by Gasteiger charge is 2.09. The van der Waals surface area contributed by atoms with Gasteiger partial charge in [0.05, 0.1) is 26.1 Å². The van der Waals surface area contributed by atoms with Crippen molar-refractivity contribution in [2.75, 3.05) is 13.2 Å². The van der Waals surface area contributed by atoms with E-state index in [-0.39, 0.29) is 24.8 Å². The summed E-state index contributed by atoms with van der Waals surface area (Å²) in [5, 5.41) is 0. The maximum atomic E-state index is 11.4. The Hall–Kier alpha value is -1.06. The SMILES string of the molecule is CCCCCCCCOC(=O)CCC(=O)OCC(C)C. The van der Waals surface area contributed by atoms with Crippen LogP contribution in [0.25, 0.3) is 0 Å². The number of unbranched alkanes of at least 4 members (excludes halogenated alkanes) is 5. The zero-order valence-electron chi connectivity index (χ0n) is 13.3. The van der Waals surface area contributed by atoms with E-state index in [1.54, 1.807) is 0 Å². The molecule has 0 atom stereocenters. The molecular formula is C16H30O4. The Morgan fingerprint density at radius 3 is 2.00 bits per heavy atom. The molecule has 0 fully saturated rings. The highest BCUT2D eigenvalue weighted by molar-refractivity contribution is 5.77. The van der Waals surface area contributed by atoms with Crippen LogP contribution in [0.4, 0.5) is 0 Å². The minimum atomic E-state index is -0.324. The van der Waals surface area contributed by atoms with Crippen LogP contribution >= 0.6 is 0 Å². The van der Waals surface area contributed by atoms with Crippen LogP contribution in [0.3, 0.4) is 0 Å². The van der Waals surface area contributed by atoms with Gasteiger partial charge in [0.15, 0.2) is 0 Å². The summed E-state index contributed by atoms with van der Waals surface area (Å²) in [6, 6.07) is 0. The van der Waals surface area contributed by atoms with E-state index in [2.05, 4.69) is 6.92 Å². The van der Waals surface area contributed by atoms with E-state index in [0.717, 1.165) is 12.8 Å². The molecule has 0 bridgehead atoms. The first-order valence-corrected chi connectivity index (χ1v) is 7.87. The third-order valence-corrected chi connectivity index (χ3v) is 2.87. The van der Waals surface area contributed by atoms with Crippen LogP contribution in [0.1, 0.15) is 72.1 Å². The molecule has 0 amide bonds. The molecule has 0 rings (SSSR count). The van der Waals surface area contributed by atoms with Crippen LogP contribution in [0.15, 0.2) is 0 Å². The molecule has 118 valence electrons. The van der Waals surface area contributed by atoms with Gasteiger partial charge in [-0.05, 0) is 12.3 Å². The third kappa shape index (κ3) is 13.4. The van der Waals surface area contributed by atoms with Crippen molar-refractivity contribution in [3.8, 4) is 0 Å². The van der Waals surface area contributed by atoms with Crippen molar-refractivity contribution in [2.24, 2.45) is 5.92 Å². The molecule has 0 N–H and O–H groups in total. The van der Waals surface area contributed by atoms with Crippen molar-refractivity contribution in [1.29, 1.82) is 0 Å². The molecule has 0 aromatic rings. The number of hydrogen-bond donors (Lipinski definition) is 0. The molecular weight excluding hydrogens is 256 g/mol. The summed E-state index contributed by atoms with van der Waals surface area (Å²) in [5.74, 6) is -0.311. The maximum absolute atomic E-state index is 11.4. The molecule has 0 spiro atoms. The molecule has 0 aromatic carbocycles. The average Bonchev–Trinajstić information content (AvgIpc) is 2.41. The molecule has 0 saturated heterocycles. The number of carbonyl (C=O) groups excluding carboxylic acids is 2. The van der Waals surface area contributed by atoms with E-state index in [4.69, 9.17) is 9.47 Å². The molecule has 4 nitrogen and oxygen atoms in total. The van der Waals surface area contributed by atoms with Crippen LogP contribution < -0.4 is 0 Å². The van der Waals surface area contributed by atoms with Gasteiger partial charge >= 0.3 is 11.9 Å². The van der Waals surface area contributed by atoms with E-state index in [9.17, 15) is 9.59 Å². The minimum Gasteiger partial charge on any atom is -0.466 e. The normalized spacial score (nSPS) is 10.6. The summed E-state index contributed by atoms with van der Waals surface area (Å²) in [5.41, 5.74) is 0. The summed E-state index contributed by atoms with van der Waals surface area (Å²) in [6.45, 7) is 7.01. The smallest absolute Gasteiger partial charge is 0.306 e. The van der Waals surface area contributed by atoms with Crippen molar-refractivity contribution in [1.82, 2.24) is 0 Å². The Bertz CT molecular complexity index is 261. The van der Waals surface area contributed by atoms with E-state index in [0.29, 0.717) is 19.1 Å². The molecule has 20 heavy (non-hydrogen) atoms. The van der Waals surface area contributed by atoms with Crippen molar-refractivity contribution in [2.45, 2.75) is 72.1 Å². The Balaban J connectivity index is 3.38. The lowest BCUT2D eigenvalue weighted by atomic mass is 10.1. The number of esters is 2. The largest absolute Gasteiger partial charge is 0.466 e. The van der Waals surface area contributed by atoms with Crippen LogP contribution in [-0.4, -0.2) is 25.2 Å². The van der Waals surface area contributed by atoms with E-state index >= 15 is 0 Å². The van der Waals surface area contributed by atoms with E-state index in [1.807, 2.05) is 13.8 Å². The van der Waals surface area contributed by atoms with Gasteiger partial charge in [-0.1, -0.05) is 52.9 Å². The Kier molecular flexibility index (Phi) is 12.3. The van der Waals surface area contributed by atoms with Gasteiger partial charge in [-0.15, -0.1) is 0 Å². The van der Waals surface area contributed by atoms with Gasteiger partial charge < -0.3 is 9.47 Å². The standard InChI is InChI=1S/C16H30O4/c1-4-5-6-7-8-9-12-19-15(17)10-11-16(18)20-13-14(2)3/h14H,4-13H2,1-3H3. The summed E-state index contributed by atoms with van der Waals surface area (Å²) in [6.07, 6.45) is 7.21. The van der Waals surface area contributed by atoms with Crippen molar-refractivity contribution in [3.05, 3.63) is 0 Å².